The molecule has 0 bridgehead atoms. The molecule has 0 aliphatic carbocycles. The highest BCUT2D eigenvalue weighted by Gasteiger charge is 2.19. The van der Waals surface area contributed by atoms with Crippen LogP contribution in [-0.4, -0.2) is 25.7 Å². The maximum Gasteiger partial charge on any atom is 0.0366 e. The largest absolute Gasteiger partial charge is 0.370 e. The summed E-state index contributed by atoms with van der Waals surface area (Å²) in [7, 11) is 0. The van der Waals surface area contributed by atoms with Crippen LogP contribution in [0.25, 0.3) is 0 Å². The highest BCUT2D eigenvalue weighted by atomic mass is 15.2. The summed E-state index contributed by atoms with van der Waals surface area (Å²) in [6, 6.07) is 9.86. The van der Waals surface area contributed by atoms with Gasteiger partial charge >= 0.3 is 0 Å². The number of hydrogen-bond acceptors (Lipinski definition) is 2. The lowest BCUT2D eigenvalue weighted by atomic mass is 10.0. The average Bonchev–Trinajstić information content (AvgIpc) is 2.46. The molecule has 1 aromatic carbocycles. The van der Waals surface area contributed by atoms with Crippen LogP contribution in [0.5, 0.6) is 0 Å². The molecule has 0 amide bonds. The van der Waals surface area contributed by atoms with Gasteiger partial charge in [-0.3, -0.25) is 0 Å². The van der Waals surface area contributed by atoms with Gasteiger partial charge in [-0.2, -0.15) is 0 Å². The molecule has 1 fully saturated rings. The van der Waals surface area contributed by atoms with E-state index in [1.807, 2.05) is 0 Å². The van der Waals surface area contributed by atoms with Crippen LogP contribution in [0.2, 0.25) is 0 Å². The van der Waals surface area contributed by atoms with Crippen molar-refractivity contribution in [2.24, 2.45) is 0 Å². The lowest BCUT2D eigenvalue weighted by Gasteiger charge is -2.35. The smallest absolute Gasteiger partial charge is 0.0366 e. The van der Waals surface area contributed by atoms with E-state index in [1.54, 1.807) is 0 Å². The van der Waals surface area contributed by atoms with Crippen molar-refractivity contribution >= 4 is 5.69 Å². The van der Waals surface area contributed by atoms with Crippen molar-refractivity contribution in [3.8, 4) is 0 Å². The molecular formula is C17H28N2. The summed E-state index contributed by atoms with van der Waals surface area (Å²) in [6.07, 6.45) is 6.28. The van der Waals surface area contributed by atoms with Crippen LogP contribution in [0.3, 0.4) is 0 Å². The minimum Gasteiger partial charge on any atom is -0.370 e. The van der Waals surface area contributed by atoms with Crippen molar-refractivity contribution in [3.05, 3.63) is 29.8 Å². The summed E-state index contributed by atoms with van der Waals surface area (Å²) < 4.78 is 0. The molecule has 1 N–H and O–H groups in total. The summed E-state index contributed by atoms with van der Waals surface area (Å²) >= 11 is 0. The highest BCUT2D eigenvalue weighted by Crippen LogP contribution is 2.21. The van der Waals surface area contributed by atoms with Crippen LogP contribution >= 0.6 is 0 Å². The molecule has 19 heavy (non-hydrogen) atoms. The number of piperidine rings is 1. The first kappa shape index (κ1) is 14.4. The second-order valence-corrected chi connectivity index (χ2v) is 5.66. The fourth-order valence-corrected chi connectivity index (χ4v) is 2.89. The van der Waals surface area contributed by atoms with Crippen molar-refractivity contribution in [1.29, 1.82) is 0 Å². The van der Waals surface area contributed by atoms with Crippen LogP contribution in [-0.2, 0) is 6.42 Å². The predicted octanol–water partition coefficient (Wildman–Crippen LogP) is 3.61. The second kappa shape index (κ2) is 7.54. The van der Waals surface area contributed by atoms with Gasteiger partial charge in [0.2, 0.25) is 0 Å². The number of benzene rings is 1. The van der Waals surface area contributed by atoms with Crippen LogP contribution in [0.4, 0.5) is 5.69 Å². The molecule has 1 aliphatic rings. The van der Waals surface area contributed by atoms with E-state index in [0.717, 1.165) is 13.1 Å². The van der Waals surface area contributed by atoms with Gasteiger partial charge < -0.3 is 10.2 Å². The van der Waals surface area contributed by atoms with Gasteiger partial charge in [-0.15, -0.1) is 0 Å². The van der Waals surface area contributed by atoms with E-state index in [1.165, 1.54) is 49.9 Å². The Morgan fingerprint density at radius 2 is 1.95 bits per heavy atom. The number of anilines is 1. The third-order valence-electron chi connectivity index (χ3n) is 3.94. The summed E-state index contributed by atoms with van der Waals surface area (Å²) in [5, 5.41) is 3.66. The quantitative estimate of drug-likeness (QED) is 0.840. The van der Waals surface area contributed by atoms with Gasteiger partial charge in [-0.1, -0.05) is 32.4 Å². The van der Waals surface area contributed by atoms with Crippen molar-refractivity contribution in [1.82, 2.24) is 5.32 Å². The van der Waals surface area contributed by atoms with E-state index in [-0.39, 0.29) is 0 Å². The summed E-state index contributed by atoms with van der Waals surface area (Å²) in [5.41, 5.74) is 2.85. The van der Waals surface area contributed by atoms with Crippen LogP contribution in [0, 0.1) is 0 Å². The normalized spacial score (nSPS) is 19.7. The maximum atomic E-state index is 3.66. The predicted molar refractivity (Wildman–Crippen MR) is 84.0 cm³/mol. The fourth-order valence-electron chi connectivity index (χ4n) is 2.89. The standard InChI is InChI=1S/C17H28N2/c1-3-6-15-8-10-17(11-9-15)19-13-5-7-16(14-19)18-12-4-2/h8-11,16,18H,3-7,12-14H2,1-2H3. The molecule has 1 unspecified atom stereocenters. The van der Waals surface area contributed by atoms with Crippen molar-refractivity contribution in [2.45, 2.75) is 52.0 Å². The number of rotatable bonds is 6. The number of nitrogens with one attached hydrogen (secondary N) is 1. The van der Waals surface area contributed by atoms with Crippen molar-refractivity contribution in [2.75, 3.05) is 24.5 Å². The van der Waals surface area contributed by atoms with Gasteiger partial charge in [0.1, 0.15) is 0 Å². The van der Waals surface area contributed by atoms with Gasteiger partial charge in [-0.05, 0) is 49.9 Å². The Bertz CT molecular complexity index is 358. The van der Waals surface area contributed by atoms with Gasteiger partial charge in [0, 0.05) is 24.8 Å². The monoisotopic (exact) mass is 260 g/mol. The first-order valence-electron chi connectivity index (χ1n) is 7.90. The molecular weight excluding hydrogens is 232 g/mol. The Morgan fingerprint density at radius 3 is 2.63 bits per heavy atom. The second-order valence-electron chi connectivity index (χ2n) is 5.66. The van der Waals surface area contributed by atoms with Gasteiger partial charge in [0.25, 0.3) is 0 Å². The zero-order valence-corrected chi connectivity index (χ0v) is 12.5. The Morgan fingerprint density at radius 1 is 1.16 bits per heavy atom. The van der Waals surface area contributed by atoms with Crippen LogP contribution in [0.15, 0.2) is 24.3 Å². The molecule has 2 rings (SSSR count). The van der Waals surface area contributed by atoms with E-state index in [0.29, 0.717) is 6.04 Å². The number of nitrogens with zero attached hydrogens (tertiary/aromatic N) is 1. The van der Waals surface area contributed by atoms with Crippen molar-refractivity contribution in [3.63, 3.8) is 0 Å². The molecule has 1 atom stereocenters. The average molecular weight is 260 g/mol. The Labute approximate surface area is 118 Å². The lowest BCUT2D eigenvalue weighted by Crippen LogP contribution is -2.46. The SMILES string of the molecule is CCCNC1CCCN(c2ccc(CCC)cc2)C1. The minimum absolute atomic E-state index is 0.670. The zero-order valence-electron chi connectivity index (χ0n) is 12.5. The molecule has 1 aliphatic heterocycles. The topological polar surface area (TPSA) is 15.3 Å². The first-order chi connectivity index (χ1) is 9.33. The zero-order chi connectivity index (χ0) is 13.5. The maximum absolute atomic E-state index is 3.66. The van der Waals surface area contributed by atoms with Crippen LogP contribution < -0.4 is 10.2 Å². The molecule has 0 radical (unpaired) electrons. The summed E-state index contributed by atoms with van der Waals surface area (Å²) in [5.74, 6) is 0. The summed E-state index contributed by atoms with van der Waals surface area (Å²) in [4.78, 5) is 2.53. The van der Waals surface area contributed by atoms with E-state index < -0.39 is 0 Å². The molecule has 1 aromatic rings. The van der Waals surface area contributed by atoms with Gasteiger partial charge in [0.15, 0.2) is 0 Å². The van der Waals surface area contributed by atoms with E-state index in [4.69, 9.17) is 0 Å². The molecule has 1 saturated heterocycles. The third kappa shape index (κ3) is 4.24. The van der Waals surface area contributed by atoms with Gasteiger partial charge in [0.05, 0.1) is 0 Å². The number of hydrogen-bond donors (Lipinski definition) is 1. The van der Waals surface area contributed by atoms with E-state index >= 15 is 0 Å². The molecule has 2 nitrogen and oxygen atoms in total. The Balaban J connectivity index is 1.92. The Kier molecular flexibility index (Phi) is 5.71. The molecule has 0 aromatic heterocycles. The van der Waals surface area contributed by atoms with Gasteiger partial charge in [-0.25, -0.2) is 0 Å². The first-order valence-corrected chi connectivity index (χ1v) is 7.90. The molecule has 0 spiro atoms. The molecule has 106 valence electrons. The molecule has 2 heteroatoms. The Hall–Kier alpha value is -1.02. The molecule has 1 heterocycles. The highest BCUT2D eigenvalue weighted by molar-refractivity contribution is 5.48. The number of aryl methyl sites for hydroxylation is 1. The van der Waals surface area contributed by atoms with E-state index in [2.05, 4.69) is 48.3 Å². The van der Waals surface area contributed by atoms with E-state index in [9.17, 15) is 0 Å². The minimum atomic E-state index is 0.670. The third-order valence-corrected chi connectivity index (χ3v) is 3.94. The van der Waals surface area contributed by atoms with Crippen molar-refractivity contribution < 1.29 is 0 Å². The van der Waals surface area contributed by atoms with Crippen LogP contribution in [0.1, 0.15) is 45.1 Å². The summed E-state index contributed by atoms with van der Waals surface area (Å²) in [6.45, 7) is 7.99. The molecule has 0 saturated carbocycles. The lowest BCUT2D eigenvalue weighted by molar-refractivity contribution is 0.423. The fraction of sp³-hybridized carbons (Fsp3) is 0.647.